The zero-order valence-corrected chi connectivity index (χ0v) is 11.7. The average molecular weight is 302 g/mol. The van der Waals surface area contributed by atoms with Crippen molar-refractivity contribution in [3.63, 3.8) is 0 Å². The van der Waals surface area contributed by atoms with Crippen molar-refractivity contribution in [2.75, 3.05) is 6.61 Å². The van der Waals surface area contributed by atoms with E-state index in [0.29, 0.717) is 28.3 Å². The zero-order chi connectivity index (χ0) is 12.6. The fourth-order valence-corrected chi connectivity index (χ4v) is 2.22. The summed E-state index contributed by atoms with van der Waals surface area (Å²) in [5.41, 5.74) is 6.13. The summed E-state index contributed by atoms with van der Waals surface area (Å²) >= 11 is 3.34. The number of hydrogen-bond donors (Lipinski definition) is 1. The lowest BCUT2D eigenvalue weighted by Gasteiger charge is -2.24. The molecule has 0 saturated heterocycles. The highest BCUT2D eigenvalue weighted by molar-refractivity contribution is 9.10. The van der Waals surface area contributed by atoms with Crippen molar-refractivity contribution in [2.24, 2.45) is 11.7 Å². The Morgan fingerprint density at radius 3 is 2.65 bits per heavy atom. The van der Waals surface area contributed by atoms with Gasteiger partial charge in [0.25, 0.3) is 0 Å². The Morgan fingerprint density at radius 1 is 1.47 bits per heavy atom. The van der Waals surface area contributed by atoms with Crippen LogP contribution in [0.4, 0.5) is 4.39 Å². The summed E-state index contributed by atoms with van der Waals surface area (Å²) < 4.78 is 19.8. The third-order valence-electron chi connectivity index (χ3n) is 2.86. The van der Waals surface area contributed by atoms with Gasteiger partial charge in [0, 0.05) is 11.1 Å². The molecule has 0 heterocycles. The fraction of sp³-hybridized carbons (Fsp3) is 0.538. The van der Waals surface area contributed by atoms with E-state index >= 15 is 0 Å². The lowest BCUT2D eigenvalue weighted by atomic mass is 9.94. The van der Waals surface area contributed by atoms with Crippen LogP contribution in [-0.2, 0) is 5.54 Å². The van der Waals surface area contributed by atoms with Gasteiger partial charge in [-0.15, -0.1) is 0 Å². The van der Waals surface area contributed by atoms with Crippen molar-refractivity contribution >= 4 is 15.9 Å². The van der Waals surface area contributed by atoms with Gasteiger partial charge in [0.2, 0.25) is 0 Å². The number of nitrogens with two attached hydrogens (primary N) is 1. The molecule has 2 rings (SSSR count). The first-order valence-electron chi connectivity index (χ1n) is 5.79. The molecule has 4 heteroatoms. The Hall–Kier alpha value is -0.610. The highest BCUT2D eigenvalue weighted by Crippen LogP contribution is 2.37. The summed E-state index contributed by atoms with van der Waals surface area (Å²) in [5, 5.41) is 0. The second-order valence-corrected chi connectivity index (χ2v) is 6.09. The monoisotopic (exact) mass is 301 g/mol. The molecule has 0 aliphatic heterocycles. The molecular formula is C13H17BrFNO. The molecule has 94 valence electrons. The number of hydrogen-bond acceptors (Lipinski definition) is 2. The van der Waals surface area contributed by atoms with Crippen LogP contribution in [0, 0.1) is 11.7 Å². The first-order chi connectivity index (χ1) is 7.88. The molecule has 0 atom stereocenters. The predicted molar refractivity (Wildman–Crippen MR) is 69.5 cm³/mol. The molecule has 2 nitrogen and oxygen atoms in total. The number of rotatable bonds is 4. The van der Waals surface area contributed by atoms with E-state index in [1.807, 2.05) is 13.8 Å². The Morgan fingerprint density at radius 2 is 2.12 bits per heavy atom. The smallest absolute Gasteiger partial charge is 0.138 e. The quantitative estimate of drug-likeness (QED) is 0.923. The molecule has 0 aromatic heterocycles. The van der Waals surface area contributed by atoms with E-state index in [2.05, 4.69) is 15.9 Å². The van der Waals surface area contributed by atoms with Crippen LogP contribution in [0.25, 0.3) is 0 Å². The highest BCUT2D eigenvalue weighted by atomic mass is 79.9. The van der Waals surface area contributed by atoms with Crippen LogP contribution in [0.3, 0.4) is 0 Å². The molecule has 0 amide bonds. The van der Waals surface area contributed by atoms with E-state index < -0.39 is 5.54 Å². The van der Waals surface area contributed by atoms with Crippen molar-refractivity contribution in [1.82, 2.24) is 0 Å². The van der Waals surface area contributed by atoms with E-state index in [1.54, 1.807) is 0 Å². The van der Waals surface area contributed by atoms with Crippen molar-refractivity contribution in [3.8, 4) is 5.75 Å². The molecule has 0 unspecified atom stereocenters. The van der Waals surface area contributed by atoms with Gasteiger partial charge in [0.1, 0.15) is 11.6 Å². The fourth-order valence-electron chi connectivity index (χ4n) is 1.67. The number of halogens is 2. The van der Waals surface area contributed by atoms with Gasteiger partial charge in [-0.1, -0.05) is 0 Å². The molecule has 1 aliphatic carbocycles. The molecule has 1 aromatic carbocycles. The highest BCUT2D eigenvalue weighted by Gasteiger charge is 2.26. The Balaban J connectivity index is 2.32. The molecule has 17 heavy (non-hydrogen) atoms. The summed E-state index contributed by atoms with van der Waals surface area (Å²) in [6, 6.07) is 2.87. The van der Waals surface area contributed by atoms with Gasteiger partial charge in [-0.2, -0.15) is 0 Å². The number of benzene rings is 1. The minimum Gasteiger partial charge on any atom is -0.492 e. The number of ether oxygens (including phenoxy) is 1. The van der Waals surface area contributed by atoms with Gasteiger partial charge in [-0.3, -0.25) is 0 Å². The second-order valence-electron chi connectivity index (χ2n) is 5.24. The van der Waals surface area contributed by atoms with Gasteiger partial charge in [0.15, 0.2) is 0 Å². The normalized spacial score (nSPS) is 16.1. The van der Waals surface area contributed by atoms with E-state index in [0.717, 1.165) is 0 Å². The van der Waals surface area contributed by atoms with Gasteiger partial charge in [-0.05, 0) is 60.7 Å². The van der Waals surface area contributed by atoms with Crippen LogP contribution in [-0.4, -0.2) is 6.61 Å². The maximum atomic E-state index is 13.4. The van der Waals surface area contributed by atoms with Crippen molar-refractivity contribution in [2.45, 2.75) is 32.2 Å². The molecule has 0 spiro atoms. The lowest BCUT2D eigenvalue weighted by molar-refractivity contribution is 0.288. The summed E-state index contributed by atoms with van der Waals surface area (Å²) in [6.45, 7) is 4.38. The van der Waals surface area contributed by atoms with E-state index in [4.69, 9.17) is 10.5 Å². The first-order valence-corrected chi connectivity index (χ1v) is 6.58. The maximum absolute atomic E-state index is 13.4. The van der Waals surface area contributed by atoms with Crippen LogP contribution < -0.4 is 10.5 Å². The van der Waals surface area contributed by atoms with E-state index in [9.17, 15) is 4.39 Å². The van der Waals surface area contributed by atoms with Gasteiger partial charge < -0.3 is 10.5 Å². The molecule has 1 fully saturated rings. The molecular weight excluding hydrogens is 285 g/mol. The second kappa shape index (κ2) is 4.58. The molecule has 1 aromatic rings. The third kappa shape index (κ3) is 3.19. The minimum atomic E-state index is -0.622. The predicted octanol–water partition coefficient (Wildman–Crippen LogP) is 3.57. The van der Waals surface area contributed by atoms with Gasteiger partial charge >= 0.3 is 0 Å². The molecule has 1 aliphatic rings. The summed E-state index contributed by atoms with van der Waals surface area (Å²) in [5.74, 6) is 1.02. The Labute approximate surface area is 109 Å². The van der Waals surface area contributed by atoms with Crippen LogP contribution >= 0.6 is 15.9 Å². The summed E-state index contributed by atoms with van der Waals surface area (Å²) in [4.78, 5) is 0. The van der Waals surface area contributed by atoms with Gasteiger partial charge in [0.05, 0.1) is 11.1 Å². The summed E-state index contributed by atoms with van der Waals surface area (Å²) in [6.07, 6.45) is 2.44. The minimum absolute atomic E-state index is 0.302. The zero-order valence-electron chi connectivity index (χ0n) is 10.1. The van der Waals surface area contributed by atoms with Crippen LogP contribution in [0.15, 0.2) is 16.6 Å². The van der Waals surface area contributed by atoms with E-state index in [1.165, 1.54) is 25.0 Å². The maximum Gasteiger partial charge on any atom is 0.138 e. The standard InChI is InChI=1S/C13H17BrFNO/c1-13(2,16)10-5-9(15)6-11(14)12(10)17-7-8-3-4-8/h5-6,8H,3-4,7,16H2,1-2H3. The third-order valence-corrected chi connectivity index (χ3v) is 3.45. The van der Waals surface area contributed by atoms with Crippen molar-refractivity contribution < 1.29 is 9.13 Å². The molecule has 0 radical (unpaired) electrons. The van der Waals surface area contributed by atoms with Gasteiger partial charge in [-0.25, -0.2) is 4.39 Å². The Bertz CT molecular complexity index is 424. The first kappa shape index (κ1) is 12.8. The lowest BCUT2D eigenvalue weighted by Crippen LogP contribution is -2.29. The summed E-state index contributed by atoms with van der Waals surface area (Å²) in [7, 11) is 0. The topological polar surface area (TPSA) is 35.2 Å². The largest absolute Gasteiger partial charge is 0.492 e. The SMILES string of the molecule is CC(C)(N)c1cc(F)cc(Br)c1OCC1CC1. The van der Waals surface area contributed by atoms with Crippen LogP contribution in [0.5, 0.6) is 5.75 Å². The van der Waals surface area contributed by atoms with E-state index in [-0.39, 0.29) is 5.82 Å². The average Bonchev–Trinajstić information content (AvgIpc) is 2.97. The molecule has 1 saturated carbocycles. The van der Waals surface area contributed by atoms with Crippen molar-refractivity contribution in [1.29, 1.82) is 0 Å². The molecule has 2 N–H and O–H groups in total. The molecule has 0 bridgehead atoms. The van der Waals surface area contributed by atoms with Crippen molar-refractivity contribution in [3.05, 3.63) is 28.0 Å². The van der Waals surface area contributed by atoms with Crippen LogP contribution in [0.1, 0.15) is 32.3 Å². The Kier molecular flexibility index (Phi) is 3.46. The van der Waals surface area contributed by atoms with Crippen LogP contribution in [0.2, 0.25) is 0 Å².